The molecular formula is C21H19NO9. The number of nitrogens with zero attached hydrogens (tertiary/aromatic N) is 1. The summed E-state index contributed by atoms with van der Waals surface area (Å²) in [5.74, 6) is 0.0152. The Morgan fingerprint density at radius 1 is 1.13 bits per heavy atom. The summed E-state index contributed by atoms with van der Waals surface area (Å²) in [5, 5.41) is 0.434. The van der Waals surface area contributed by atoms with Crippen LogP contribution in [-0.2, 0) is 42.0 Å². The summed E-state index contributed by atoms with van der Waals surface area (Å²) in [5.41, 5.74) is 2.21. The Kier molecular flexibility index (Phi) is 6.01. The zero-order chi connectivity index (χ0) is 21.8. The molecule has 2 aliphatic heterocycles. The highest BCUT2D eigenvalue weighted by molar-refractivity contribution is 6.01. The fourth-order valence-corrected chi connectivity index (χ4v) is 3.14. The number of hydrogen-bond donors (Lipinski definition) is 0. The smallest absolute Gasteiger partial charge is 0.460 e. The molecule has 0 spiro atoms. The SMILES string of the molecule is COOc1cccc(C2OCc3cc(COC(=O)ON4C(=O)CCC4=O)ccc3O2)c1. The Morgan fingerprint density at radius 3 is 2.71 bits per heavy atom. The minimum absolute atomic E-state index is 0.0155. The molecule has 0 saturated carbocycles. The Morgan fingerprint density at radius 2 is 1.94 bits per heavy atom. The molecule has 2 heterocycles. The fourth-order valence-electron chi connectivity index (χ4n) is 3.14. The van der Waals surface area contributed by atoms with Gasteiger partial charge in [0, 0.05) is 24.0 Å². The standard InChI is InChI=1S/C21H19NO9/c1-26-31-16-4-2-3-14(10-16)20-27-12-15-9-13(5-6-17(15)29-20)11-28-21(25)30-22-18(23)7-8-19(22)24/h2-6,9-10,20H,7-8,11-12H2,1H3. The van der Waals surface area contributed by atoms with Gasteiger partial charge in [0.25, 0.3) is 11.8 Å². The number of amides is 2. The second-order valence-electron chi connectivity index (χ2n) is 6.74. The number of hydroxylamine groups is 2. The maximum atomic E-state index is 11.8. The van der Waals surface area contributed by atoms with Crippen molar-refractivity contribution >= 4 is 18.0 Å². The molecule has 1 fully saturated rings. The summed E-state index contributed by atoms with van der Waals surface area (Å²) in [4.78, 5) is 49.0. The number of imide groups is 1. The highest BCUT2D eigenvalue weighted by Gasteiger charge is 2.33. The first-order valence-electron chi connectivity index (χ1n) is 9.44. The van der Waals surface area contributed by atoms with Crippen molar-refractivity contribution in [2.75, 3.05) is 7.11 Å². The molecule has 0 bridgehead atoms. The topological polar surface area (TPSA) is 110 Å². The van der Waals surface area contributed by atoms with Crippen LogP contribution in [0.2, 0.25) is 0 Å². The summed E-state index contributed by atoms with van der Waals surface area (Å²) in [6.07, 6.45) is -1.71. The van der Waals surface area contributed by atoms with Crippen LogP contribution in [0.15, 0.2) is 42.5 Å². The van der Waals surface area contributed by atoms with E-state index < -0.39 is 24.3 Å². The van der Waals surface area contributed by atoms with Crippen molar-refractivity contribution in [3.63, 3.8) is 0 Å². The van der Waals surface area contributed by atoms with Gasteiger partial charge >= 0.3 is 6.16 Å². The number of ether oxygens (including phenoxy) is 3. The van der Waals surface area contributed by atoms with Crippen molar-refractivity contribution in [2.45, 2.75) is 32.3 Å². The maximum Gasteiger partial charge on any atom is 0.534 e. The van der Waals surface area contributed by atoms with Gasteiger partial charge in [0.05, 0.1) is 13.7 Å². The van der Waals surface area contributed by atoms with Crippen molar-refractivity contribution in [2.24, 2.45) is 0 Å². The molecule has 1 saturated heterocycles. The number of carbonyl (C=O) groups excluding carboxylic acids is 3. The lowest BCUT2D eigenvalue weighted by Crippen LogP contribution is -2.32. The molecule has 0 aromatic heterocycles. The van der Waals surface area contributed by atoms with Gasteiger partial charge in [0.15, 0.2) is 5.75 Å². The summed E-state index contributed by atoms with van der Waals surface area (Å²) < 4.78 is 16.7. The van der Waals surface area contributed by atoms with E-state index in [1.54, 1.807) is 36.4 Å². The highest BCUT2D eigenvalue weighted by atomic mass is 17.2. The van der Waals surface area contributed by atoms with Gasteiger partial charge < -0.3 is 19.1 Å². The second-order valence-corrected chi connectivity index (χ2v) is 6.74. The monoisotopic (exact) mass is 429 g/mol. The van der Waals surface area contributed by atoms with E-state index in [4.69, 9.17) is 19.1 Å². The van der Waals surface area contributed by atoms with Crippen molar-refractivity contribution in [1.29, 1.82) is 0 Å². The molecule has 10 nitrogen and oxygen atoms in total. The average molecular weight is 429 g/mol. The lowest BCUT2D eigenvalue weighted by Gasteiger charge is -2.27. The lowest BCUT2D eigenvalue weighted by atomic mass is 10.1. The molecule has 1 unspecified atom stereocenters. The normalized spacial score (nSPS) is 17.7. The van der Waals surface area contributed by atoms with Gasteiger partial charge in [-0.3, -0.25) is 14.4 Å². The zero-order valence-corrected chi connectivity index (χ0v) is 16.6. The van der Waals surface area contributed by atoms with Gasteiger partial charge in [-0.2, -0.15) is 4.89 Å². The molecule has 2 aromatic rings. The average Bonchev–Trinajstić information content (AvgIpc) is 3.09. The number of carbonyl (C=O) groups is 3. The van der Waals surface area contributed by atoms with Crippen LogP contribution in [0, 0.1) is 0 Å². The molecule has 0 aliphatic carbocycles. The van der Waals surface area contributed by atoms with E-state index in [1.165, 1.54) is 7.11 Å². The van der Waals surface area contributed by atoms with Crippen LogP contribution in [0.3, 0.4) is 0 Å². The molecule has 10 heteroatoms. The van der Waals surface area contributed by atoms with Crippen LogP contribution in [0.25, 0.3) is 0 Å². The second kappa shape index (κ2) is 9.02. The van der Waals surface area contributed by atoms with Crippen LogP contribution in [0.4, 0.5) is 4.79 Å². The van der Waals surface area contributed by atoms with Crippen LogP contribution in [0.1, 0.15) is 35.8 Å². The van der Waals surface area contributed by atoms with Gasteiger partial charge in [-0.15, -0.1) is 0 Å². The van der Waals surface area contributed by atoms with Crippen LogP contribution >= 0.6 is 0 Å². The van der Waals surface area contributed by atoms with Gasteiger partial charge in [0.1, 0.15) is 12.4 Å². The molecule has 162 valence electrons. The maximum absolute atomic E-state index is 11.8. The minimum Gasteiger partial charge on any atom is -0.460 e. The van der Waals surface area contributed by atoms with Gasteiger partial charge in [-0.1, -0.05) is 23.3 Å². The van der Waals surface area contributed by atoms with E-state index in [0.29, 0.717) is 22.1 Å². The van der Waals surface area contributed by atoms with Crippen molar-refractivity contribution in [3.8, 4) is 11.5 Å². The number of fused-ring (bicyclic) bond motifs is 1. The molecule has 0 radical (unpaired) electrons. The van der Waals surface area contributed by atoms with E-state index >= 15 is 0 Å². The van der Waals surface area contributed by atoms with E-state index in [9.17, 15) is 14.4 Å². The lowest BCUT2D eigenvalue weighted by molar-refractivity contribution is -0.178. The first-order valence-corrected chi connectivity index (χ1v) is 9.44. The van der Waals surface area contributed by atoms with Gasteiger partial charge in [0.2, 0.25) is 6.29 Å². The largest absolute Gasteiger partial charge is 0.534 e. The van der Waals surface area contributed by atoms with Crippen molar-refractivity contribution in [1.82, 2.24) is 5.06 Å². The van der Waals surface area contributed by atoms with Crippen molar-refractivity contribution < 1.29 is 43.2 Å². The third kappa shape index (κ3) is 4.76. The van der Waals surface area contributed by atoms with E-state index in [0.717, 1.165) is 11.1 Å². The number of benzene rings is 2. The molecular weight excluding hydrogens is 410 g/mol. The predicted octanol–water partition coefficient (Wildman–Crippen LogP) is 2.95. The molecule has 2 aromatic carbocycles. The van der Waals surface area contributed by atoms with Gasteiger partial charge in [-0.05, 0) is 29.8 Å². The van der Waals surface area contributed by atoms with Gasteiger partial charge in [-0.25, -0.2) is 4.79 Å². The summed E-state index contributed by atoms with van der Waals surface area (Å²) >= 11 is 0. The number of rotatable bonds is 6. The zero-order valence-electron chi connectivity index (χ0n) is 16.6. The minimum atomic E-state index is -1.13. The van der Waals surface area contributed by atoms with Crippen molar-refractivity contribution in [3.05, 3.63) is 59.2 Å². The molecule has 4 rings (SSSR count). The third-order valence-corrected chi connectivity index (χ3v) is 4.59. The highest BCUT2D eigenvalue weighted by Crippen LogP contribution is 2.34. The summed E-state index contributed by atoms with van der Waals surface area (Å²) in [6, 6.07) is 12.4. The van der Waals surface area contributed by atoms with E-state index in [1.807, 2.05) is 6.07 Å². The van der Waals surface area contributed by atoms with Crippen LogP contribution in [0.5, 0.6) is 11.5 Å². The molecule has 2 amide bonds. The number of hydrogen-bond acceptors (Lipinski definition) is 9. The first kappa shape index (κ1) is 20.6. The fraction of sp³-hybridized carbons (Fsp3) is 0.286. The molecule has 1 atom stereocenters. The van der Waals surface area contributed by atoms with E-state index in [2.05, 4.69) is 9.73 Å². The van der Waals surface area contributed by atoms with Crippen LogP contribution in [-0.4, -0.2) is 30.1 Å². The Labute approximate surface area is 177 Å². The first-order chi connectivity index (χ1) is 15.0. The molecule has 2 aliphatic rings. The van der Waals surface area contributed by atoms with Crippen LogP contribution < -0.4 is 9.62 Å². The summed E-state index contributed by atoms with van der Waals surface area (Å²) in [7, 11) is 1.42. The molecule has 0 N–H and O–H groups in total. The Bertz CT molecular complexity index is 990. The Hall–Kier alpha value is -3.63. The third-order valence-electron chi connectivity index (χ3n) is 4.59. The molecule has 31 heavy (non-hydrogen) atoms. The van der Waals surface area contributed by atoms with E-state index in [-0.39, 0.29) is 26.1 Å². The Balaban J connectivity index is 1.35. The summed E-state index contributed by atoms with van der Waals surface area (Å²) in [6.45, 7) is 0.173. The quantitative estimate of drug-likeness (QED) is 0.296. The predicted molar refractivity (Wildman–Crippen MR) is 101 cm³/mol.